The summed E-state index contributed by atoms with van der Waals surface area (Å²) in [4.78, 5) is 17.2. The molecule has 1 aromatic carbocycles. The highest BCUT2D eigenvalue weighted by Gasteiger charge is 2.22. The molecule has 2 aromatic rings. The number of aliphatic imine (C=N–C) groups is 2. The summed E-state index contributed by atoms with van der Waals surface area (Å²) >= 11 is 7.96. The van der Waals surface area contributed by atoms with Gasteiger partial charge in [0, 0.05) is 36.8 Å². The number of anilines is 1. The van der Waals surface area contributed by atoms with Crippen molar-refractivity contribution in [3.63, 3.8) is 0 Å². The molecule has 1 unspecified atom stereocenters. The monoisotopic (exact) mass is 345 g/mol. The van der Waals surface area contributed by atoms with Gasteiger partial charge in [0.05, 0.1) is 15.8 Å². The van der Waals surface area contributed by atoms with Crippen molar-refractivity contribution in [2.45, 2.75) is 6.92 Å². The van der Waals surface area contributed by atoms with Crippen LogP contribution in [0.15, 0.2) is 40.4 Å². The van der Waals surface area contributed by atoms with E-state index in [1.54, 1.807) is 18.0 Å². The topological polar surface area (TPSA) is 76.5 Å². The Hall–Kier alpha value is -1.92. The van der Waals surface area contributed by atoms with E-state index in [-0.39, 0.29) is 5.95 Å². The van der Waals surface area contributed by atoms with Crippen molar-refractivity contribution >= 4 is 39.4 Å². The highest BCUT2D eigenvalue weighted by Crippen LogP contribution is 2.31. The summed E-state index contributed by atoms with van der Waals surface area (Å²) < 4.78 is 0. The summed E-state index contributed by atoms with van der Waals surface area (Å²) in [7, 11) is 1.81. The first-order chi connectivity index (χ1) is 11.1. The zero-order valence-corrected chi connectivity index (χ0v) is 14.4. The van der Waals surface area contributed by atoms with E-state index in [9.17, 15) is 0 Å². The number of thioether (sulfide) groups is 1. The van der Waals surface area contributed by atoms with E-state index in [0.717, 1.165) is 33.5 Å². The lowest BCUT2D eigenvalue weighted by atomic mass is 10.1. The fourth-order valence-electron chi connectivity index (χ4n) is 2.32. The number of nitrogen functional groups attached to an aromatic ring is 1. The fourth-order valence-corrected chi connectivity index (χ4v) is 3.57. The molecule has 3 rings (SSSR count). The molecule has 0 spiro atoms. The molecule has 5 nitrogen and oxygen atoms in total. The van der Waals surface area contributed by atoms with Gasteiger partial charge in [-0.15, -0.1) is 0 Å². The van der Waals surface area contributed by atoms with Crippen molar-refractivity contribution in [1.29, 1.82) is 0 Å². The van der Waals surface area contributed by atoms with Crippen molar-refractivity contribution in [2.24, 2.45) is 15.9 Å². The van der Waals surface area contributed by atoms with Gasteiger partial charge in [-0.05, 0) is 18.2 Å². The summed E-state index contributed by atoms with van der Waals surface area (Å²) in [5.74, 6) is 0.593. The Morgan fingerprint density at radius 1 is 1.35 bits per heavy atom. The molecular formula is C16H16ClN5S. The molecule has 118 valence electrons. The molecule has 0 amide bonds. The van der Waals surface area contributed by atoms with Gasteiger partial charge in [0.2, 0.25) is 5.95 Å². The number of halogens is 1. The molecule has 0 radical (unpaired) electrons. The van der Waals surface area contributed by atoms with Crippen LogP contribution in [-0.4, -0.2) is 33.6 Å². The standard InChI is InChI=1S/C16H16ClN5S/c1-9-8-21-15(23-14(9)19-2)11-7-10(3-4-12(11)17)13-5-6-20-16(18)22-13/h3-7,9H,8H2,1-2H3,(H2,18,20,22). The summed E-state index contributed by atoms with van der Waals surface area (Å²) in [5, 5.41) is 2.62. The predicted molar refractivity (Wildman–Crippen MR) is 98.4 cm³/mol. The van der Waals surface area contributed by atoms with Crippen LogP contribution in [0.3, 0.4) is 0 Å². The van der Waals surface area contributed by atoms with E-state index < -0.39 is 0 Å². The molecule has 0 saturated heterocycles. The van der Waals surface area contributed by atoms with Gasteiger partial charge in [-0.2, -0.15) is 0 Å². The molecule has 0 bridgehead atoms. The maximum absolute atomic E-state index is 6.38. The average Bonchev–Trinajstić information content (AvgIpc) is 2.56. The summed E-state index contributed by atoms with van der Waals surface area (Å²) in [5.41, 5.74) is 8.24. The molecule has 0 aliphatic carbocycles. The normalized spacial score (nSPS) is 19.7. The van der Waals surface area contributed by atoms with Gasteiger partial charge in [0.25, 0.3) is 0 Å². The number of nitrogens with zero attached hydrogens (tertiary/aromatic N) is 4. The van der Waals surface area contributed by atoms with Gasteiger partial charge < -0.3 is 5.73 Å². The smallest absolute Gasteiger partial charge is 0.220 e. The van der Waals surface area contributed by atoms with Crippen LogP contribution in [0.25, 0.3) is 11.3 Å². The van der Waals surface area contributed by atoms with Crippen LogP contribution in [0.2, 0.25) is 5.02 Å². The third kappa shape index (κ3) is 3.38. The molecule has 1 atom stereocenters. The molecule has 1 aliphatic heterocycles. The lowest BCUT2D eigenvalue weighted by Crippen LogP contribution is -2.20. The summed E-state index contributed by atoms with van der Waals surface area (Å²) in [6.07, 6.45) is 1.64. The Bertz CT molecular complexity index is 803. The van der Waals surface area contributed by atoms with Crippen molar-refractivity contribution < 1.29 is 0 Å². The lowest BCUT2D eigenvalue weighted by Gasteiger charge is -2.20. The van der Waals surface area contributed by atoms with Gasteiger partial charge in [-0.25, -0.2) is 9.97 Å². The molecule has 2 heterocycles. The molecule has 7 heteroatoms. The second-order valence-corrected chi connectivity index (χ2v) is 6.62. The van der Waals surface area contributed by atoms with Crippen LogP contribution < -0.4 is 5.73 Å². The molecule has 1 aromatic heterocycles. The third-order valence-electron chi connectivity index (χ3n) is 3.52. The Kier molecular flexibility index (Phi) is 4.63. The second kappa shape index (κ2) is 6.68. The summed E-state index contributed by atoms with van der Waals surface area (Å²) in [6, 6.07) is 7.58. The third-order valence-corrected chi connectivity index (χ3v) is 5.18. The zero-order valence-electron chi connectivity index (χ0n) is 12.8. The van der Waals surface area contributed by atoms with Crippen LogP contribution >= 0.6 is 23.4 Å². The number of benzene rings is 1. The SMILES string of the molecule is CN=C1SC(c2cc(-c3ccnc(N)n3)ccc2Cl)=NCC1C. The van der Waals surface area contributed by atoms with Gasteiger partial charge in [-0.1, -0.05) is 36.4 Å². The molecule has 1 aliphatic rings. The highest BCUT2D eigenvalue weighted by atomic mass is 35.5. The van der Waals surface area contributed by atoms with Crippen LogP contribution in [0, 0.1) is 5.92 Å². The van der Waals surface area contributed by atoms with E-state index in [1.165, 1.54) is 0 Å². The minimum Gasteiger partial charge on any atom is -0.368 e. The first-order valence-electron chi connectivity index (χ1n) is 7.16. The molecule has 2 N–H and O–H groups in total. The van der Waals surface area contributed by atoms with Crippen molar-refractivity contribution in [1.82, 2.24) is 9.97 Å². The van der Waals surface area contributed by atoms with Crippen molar-refractivity contribution in [3.8, 4) is 11.3 Å². The number of rotatable bonds is 2. The van der Waals surface area contributed by atoms with E-state index in [1.807, 2.05) is 31.3 Å². The van der Waals surface area contributed by atoms with Gasteiger partial charge in [0.1, 0.15) is 5.04 Å². The van der Waals surface area contributed by atoms with Crippen LogP contribution in [0.5, 0.6) is 0 Å². The Morgan fingerprint density at radius 3 is 2.91 bits per heavy atom. The van der Waals surface area contributed by atoms with E-state index in [0.29, 0.717) is 10.9 Å². The second-order valence-electron chi connectivity index (χ2n) is 5.21. The largest absolute Gasteiger partial charge is 0.368 e. The minimum absolute atomic E-state index is 0.248. The molecular weight excluding hydrogens is 330 g/mol. The Balaban J connectivity index is 2.02. The van der Waals surface area contributed by atoms with Crippen LogP contribution in [0.1, 0.15) is 12.5 Å². The van der Waals surface area contributed by atoms with Gasteiger partial charge >= 0.3 is 0 Å². The average molecular weight is 346 g/mol. The van der Waals surface area contributed by atoms with E-state index in [4.69, 9.17) is 17.3 Å². The Labute approximate surface area is 144 Å². The predicted octanol–water partition coefficient (Wildman–Crippen LogP) is 3.54. The summed E-state index contributed by atoms with van der Waals surface area (Å²) in [6.45, 7) is 2.84. The zero-order chi connectivity index (χ0) is 16.4. The van der Waals surface area contributed by atoms with Crippen molar-refractivity contribution in [2.75, 3.05) is 19.3 Å². The van der Waals surface area contributed by atoms with E-state index >= 15 is 0 Å². The maximum Gasteiger partial charge on any atom is 0.220 e. The molecule has 0 fully saturated rings. The van der Waals surface area contributed by atoms with Crippen molar-refractivity contribution in [3.05, 3.63) is 41.0 Å². The first-order valence-corrected chi connectivity index (χ1v) is 8.35. The van der Waals surface area contributed by atoms with Gasteiger partial charge in [-0.3, -0.25) is 9.98 Å². The number of nitrogens with two attached hydrogens (primary N) is 1. The minimum atomic E-state index is 0.248. The maximum atomic E-state index is 6.38. The van der Waals surface area contributed by atoms with Crippen LogP contribution in [0.4, 0.5) is 5.95 Å². The van der Waals surface area contributed by atoms with E-state index in [2.05, 4.69) is 26.9 Å². The van der Waals surface area contributed by atoms with Gasteiger partial charge in [0.15, 0.2) is 0 Å². The Morgan fingerprint density at radius 2 is 2.17 bits per heavy atom. The number of aromatic nitrogens is 2. The highest BCUT2D eigenvalue weighted by molar-refractivity contribution is 8.27. The fraction of sp³-hybridized carbons (Fsp3) is 0.250. The van der Waals surface area contributed by atoms with Crippen LogP contribution in [-0.2, 0) is 0 Å². The molecule has 23 heavy (non-hydrogen) atoms. The lowest BCUT2D eigenvalue weighted by molar-refractivity contribution is 0.792. The number of hydrogen-bond donors (Lipinski definition) is 1. The quantitative estimate of drug-likeness (QED) is 0.903. The molecule has 0 saturated carbocycles. The first kappa shape index (κ1) is 16.0. The number of hydrogen-bond acceptors (Lipinski definition) is 6.